The molecular formula is C19H24N2O4. The van der Waals surface area contributed by atoms with Gasteiger partial charge in [0, 0.05) is 24.0 Å². The van der Waals surface area contributed by atoms with Gasteiger partial charge < -0.3 is 9.68 Å². The molecule has 0 bridgehead atoms. The lowest BCUT2D eigenvalue weighted by Gasteiger charge is -2.20. The second kappa shape index (κ2) is 9.71. The van der Waals surface area contributed by atoms with E-state index in [0.717, 1.165) is 18.6 Å². The maximum absolute atomic E-state index is 11.9. The molecule has 1 aliphatic carbocycles. The molecule has 1 fully saturated rings. The van der Waals surface area contributed by atoms with Crippen LogP contribution in [0.5, 0.6) is 0 Å². The molecule has 0 heterocycles. The van der Waals surface area contributed by atoms with Crippen LogP contribution < -0.4 is 0 Å². The molecule has 6 nitrogen and oxygen atoms in total. The van der Waals surface area contributed by atoms with Crippen LogP contribution in [0.15, 0.2) is 34.6 Å². The molecule has 0 amide bonds. The van der Waals surface area contributed by atoms with E-state index in [4.69, 9.17) is 9.68 Å². The zero-order valence-corrected chi connectivity index (χ0v) is 14.7. The van der Waals surface area contributed by atoms with Crippen molar-refractivity contribution in [3.8, 4) is 0 Å². The number of nitrogens with zero attached hydrogens (tertiary/aromatic N) is 2. The summed E-state index contributed by atoms with van der Waals surface area (Å²) in [6, 6.07) is 6.87. The Labute approximate surface area is 147 Å². The Morgan fingerprint density at radius 2 is 1.92 bits per heavy atom. The maximum Gasteiger partial charge on any atom is 0.228 e. The van der Waals surface area contributed by atoms with Gasteiger partial charge in [-0.2, -0.15) is 0 Å². The Morgan fingerprint density at radius 3 is 2.60 bits per heavy atom. The van der Waals surface area contributed by atoms with Gasteiger partial charge in [-0.15, -0.1) is 0 Å². The highest BCUT2D eigenvalue weighted by Crippen LogP contribution is 2.24. The van der Waals surface area contributed by atoms with E-state index in [2.05, 4.69) is 10.3 Å². The minimum absolute atomic E-state index is 0.108. The topological polar surface area (TPSA) is 77.3 Å². The molecule has 2 rings (SSSR count). The minimum Gasteiger partial charge on any atom is -0.399 e. The summed E-state index contributed by atoms with van der Waals surface area (Å²) in [5.41, 5.74) is 1.75. The van der Waals surface area contributed by atoms with E-state index in [0.29, 0.717) is 17.0 Å². The first-order valence-electron chi connectivity index (χ1n) is 8.53. The number of oxime groups is 2. The third-order valence-corrected chi connectivity index (χ3v) is 4.28. The number of benzene rings is 1. The average molecular weight is 344 g/mol. The lowest BCUT2D eigenvalue weighted by Crippen LogP contribution is -2.19. The van der Waals surface area contributed by atoms with Crippen molar-refractivity contribution in [3.05, 3.63) is 35.4 Å². The van der Waals surface area contributed by atoms with Crippen molar-refractivity contribution in [2.24, 2.45) is 16.2 Å². The Bertz CT molecular complexity index is 661. The van der Waals surface area contributed by atoms with Crippen molar-refractivity contribution >= 4 is 23.5 Å². The largest absolute Gasteiger partial charge is 0.399 e. The van der Waals surface area contributed by atoms with Gasteiger partial charge in [-0.05, 0) is 12.8 Å². The quantitative estimate of drug-likeness (QED) is 0.313. The standard InChI is InChI=1S/C19H24N2O4/c1-14(22)19(23)17-11-7-6-10-16(17)13-25-20-12-18(21-24-2)15-8-4-3-5-9-15/h6-7,10-12,15H,3-5,8-9,13H2,1-2H3/b20-12?,21-18+. The number of Topliss-reactive ketones (excluding diaryl/α,β-unsaturated/α-hetero) is 2. The predicted molar refractivity (Wildman–Crippen MR) is 95.8 cm³/mol. The second-order valence-corrected chi connectivity index (χ2v) is 6.08. The third-order valence-electron chi connectivity index (χ3n) is 4.28. The van der Waals surface area contributed by atoms with Gasteiger partial charge in [0.15, 0.2) is 5.78 Å². The van der Waals surface area contributed by atoms with Gasteiger partial charge in [-0.3, -0.25) is 9.59 Å². The van der Waals surface area contributed by atoms with Crippen LogP contribution in [0.4, 0.5) is 0 Å². The highest BCUT2D eigenvalue weighted by molar-refractivity contribution is 6.43. The summed E-state index contributed by atoms with van der Waals surface area (Å²) in [4.78, 5) is 33.5. The molecule has 1 aromatic rings. The molecule has 0 spiro atoms. The number of carbonyl (C=O) groups is 2. The first-order chi connectivity index (χ1) is 12.1. The molecule has 134 valence electrons. The van der Waals surface area contributed by atoms with Crippen molar-refractivity contribution in [3.63, 3.8) is 0 Å². The van der Waals surface area contributed by atoms with E-state index < -0.39 is 11.6 Å². The van der Waals surface area contributed by atoms with E-state index in [1.54, 1.807) is 30.5 Å². The molecule has 0 radical (unpaired) electrons. The zero-order valence-electron chi connectivity index (χ0n) is 14.7. The van der Waals surface area contributed by atoms with E-state index in [9.17, 15) is 9.59 Å². The molecule has 0 N–H and O–H groups in total. The van der Waals surface area contributed by atoms with Crippen molar-refractivity contribution in [1.82, 2.24) is 0 Å². The van der Waals surface area contributed by atoms with Gasteiger partial charge in [-0.25, -0.2) is 0 Å². The summed E-state index contributed by atoms with van der Waals surface area (Å²) in [5.74, 6) is -0.678. The van der Waals surface area contributed by atoms with Crippen molar-refractivity contribution < 1.29 is 19.3 Å². The van der Waals surface area contributed by atoms with Gasteiger partial charge in [0.05, 0.1) is 6.21 Å². The molecule has 1 aliphatic rings. The smallest absolute Gasteiger partial charge is 0.228 e. The third kappa shape index (κ3) is 5.52. The summed E-state index contributed by atoms with van der Waals surface area (Å²) in [6.45, 7) is 1.37. The fraction of sp³-hybridized carbons (Fsp3) is 0.474. The van der Waals surface area contributed by atoms with Crippen LogP contribution >= 0.6 is 0 Å². The van der Waals surface area contributed by atoms with Crippen LogP contribution in [0.2, 0.25) is 0 Å². The predicted octanol–water partition coefficient (Wildman–Crippen LogP) is 3.54. The highest BCUT2D eigenvalue weighted by atomic mass is 16.6. The van der Waals surface area contributed by atoms with Crippen LogP contribution in [-0.4, -0.2) is 30.6 Å². The van der Waals surface area contributed by atoms with Crippen molar-refractivity contribution in [2.45, 2.75) is 45.6 Å². The molecule has 6 heteroatoms. The average Bonchev–Trinajstić information content (AvgIpc) is 2.64. The molecule has 0 saturated heterocycles. The van der Waals surface area contributed by atoms with E-state index in [1.807, 2.05) is 0 Å². The van der Waals surface area contributed by atoms with Crippen LogP contribution in [0.3, 0.4) is 0 Å². The number of ketones is 2. The molecule has 0 unspecified atom stereocenters. The van der Waals surface area contributed by atoms with Gasteiger partial charge >= 0.3 is 0 Å². The van der Waals surface area contributed by atoms with Crippen molar-refractivity contribution in [2.75, 3.05) is 7.11 Å². The number of hydrogen-bond donors (Lipinski definition) is 0. The molecule has 1 saturated carbocycles. The first kappa shape index (κ1) is 18.8. The van der Waals surface area contributed by atoms with E-state index in [1.165, 1.54) is 33.3 Å². The molecule has 0 aliphatic heterocycles. The summed E-state index contributed by atoms with van der Waals surface area (Å²) in [6.07, 6.45) is 7.35. The van der Waals surface area contributed by atoms with Gasteiger partial charge in [0.1, 0.15) is 19.4 Å². The van der Waals surface area contributed by atoms with Gasteiger partial charge in [0.2, 0.25) is 5.78 Å². The molecule has 1 aromatic carbocycles. The number of carbonyl (C=O) groups excluding carboxylic acids is 2. The molecule has 0 atom stereocenters. The zero-order chi connectivity index (χ0) is 18.1. The van der Waals surface area contributed by atoms with E-state index in [-0.39, 0.29) is 6.61 Å². The van der Waals surface area contributed by atoms with Crippen LogP contribution in [0.1, 0.15) is 54.9 Å². The normalized spacial score (nSPS) is 16.0. The first-order valence-corrected chi connectivity index (χ1v) is 8.53. The van der Waals surface area contributed by atoms with Crippen LogP contribution in [-0.2, 0) is 21.1 Å². The SMILES string of the molecule is CO/N=C(\C=NOCc1ccccc1C(=O)C(C)=O)C1CCCCC1. The Morgan fingerprint density at radius 1 is 1.20 bits per heavy atom. The summed E-state index contributed by atoms with van der Waals surface area (Å²) in [5, 5.41) is 8.02. The Kier molecular flexibility index (Phi) is 7.32. The maximum atomic E-state index is 11.9. The van der Waals surface area contributed by atoms with Crippen LogP contribution in [0, 0.1) is 5.92 Å². The van der Waals surface area contributed by atoms with E-state index >= 15 is 0 Å². The Balaban J connectivity index is 1.99. The molecule has 0 aromatic heterocycles. The molecule has 25 heavy (non-hydrogen) atoms. The minimum atomic E-state index is -0.521. The van der Waals surface area contributed by atoms with Crippen LogP contribution in [0.25, 0.3) is 0 Å². The monoisotopic (exact) mass is 344 g/mol. The lowest BCUT2D eigenvalue weighted by atomic mass is 9.86. The summed E-state index contributed by atoms with van der Waals surface area (Å²) >= 11 is 0. The van der Waals surface area contributed by atoms with Gasteiger partial charge in [0.25, 0.3) is 0 Å². The highest BCUT2D eigenvalue weighted by Gasteiger charge is 2.19. The second-order valence-electron chi connectivity index (χ2n) is 6.08. The fourth-order valence-corrected chi connectivity index (χ4v) is 2.96. The number of hydrogen-bond acceptors (Lipinski definition) is 6. The number of rotatable bonds is 8. The van der Waals surface area contributed by atoms with Gasteiger partial charge in [-0.1, -0.05) is 53.8 Å². The lowest BCUT2D eigenvalue weighted by molar-refractivity contribution is -0.113. The summed E-state index contributed by atoms with van der Waals surface area (Å²) < 4.78 is 0. The van der Waals surface area contributed by atoms with Crippen molar-refractivity contribution in [1.29, 1.82) is 0 Å². The Hall–Kier alpha value is -2.50. The summed E-state index contributed by atoms with van der Waals surface area (Å²) in [7, 11) is 1.52. The molecular weight excluding hydrogens is 320 g/mol. The fourth-order valence-electron chi connectivity index (χ4n) is 2.96.